The Balaban J connectivity index is 2.43. The summed E-state index contributed by atoms with van der Waals surface area (Å²) < 4.78 is 1.27. The van der Waals surface area contributed by atoms with Crippen LogP contribution in [0.4, 0.5) is 0 Å². The van der Waals surface area contributed by atoms with E-state index in [1.807, 2.05) is 11.3 Å². The van der Waals surface area contributed by atoms with E-state index >= 15 is 0 Å². The van der Waals surface area contributed by atoms with Crippen LogP contribution in [0.5, 0.6) is 0 Å². The van der Waals surface area contributed by atoms with Gasteiger partial charge < -0.3 is 5.32 Å². The van der Waals surface area contributed by atoms with E-state index in [1.165, 1.54) is 22.2 Å². The average molecular weight is 290 g/mol. The molecule has 1 nitrogen and oxygen atoms in total. The van der Waals surface area contributed by atoms with E-state index in [4.69, 9.17) is 0 Å². The van der Waals surface area contributed by atoms with Crippen LogP contribution < -0.4 is 5.32 Å². The molecule has 0 aliphatic carbocycles. The summed E-state index contributed by atoms with van der Waals surface area (Å²) in [6.07, 6.45) is 2.40. The summed E-state index contributed by atoms with van der Waals surface area (Å²) in [5, 5.41) is 5.70. The van der Waals surface area contributed by atoms with Crippen molar-refractivity contribution in [2.24, 2.45) is 5.92 Å². The zero-order chi connectivity index (χ0) is 11.3. The first-order valence-electron chi connectivity index (χ1n) is 5.60. The lowest BCUT2D eigenvalue weighted by molar-refractivity contribution is 0.386. The minimum Gasteiger partial charge on any atom is -0.314 e. The number of hydrogen-bond acceptors (Lipinski definition) is 2. The maximum Gasteiger partial charge on any atom is 0.0314 e. The van der Waals surface area contributed by atoms with Crippen LogP contribution in [0.15, 0.2) is 15.9 Å². The Kier molecular flexibility index (Phi) is 5.87. The zero-order valence-corrected chi connectivity index (χ0v) is 12.1. The van der Waals surface area contributed by atoms with E-state index in [0.717, 1.165) is 6.54 Å². The fraction of sp³-hybridized carbons (Fsp3) is 0.667. The minimum absolute atomic E-state index is 0.643. The normalized spacial score (nSPS) is 13.4. The smallest absolute Gasteiger partial charge is 0.0314 e. The fourth-order valence-corrected chi connectivity index (χ4v) is 3.29. The molecule has 0 amide bonds. The Morgan fingerprint density at radius 2 is 2.20 bits per heavy atom. The molecule has 1 aromatic heterocycles. The standard InChI is InChI=1S/C12H20BrNS/c1-4-14-11(9(2)3)5-6-12-10(13)7-8-15-12/h7-9,11,14H,4-6H2,1-3H3. The Morgan fingerprint density at radius 3 is 2.67 bits per heavy atom. The van der Waals surface area contributed by atoms with Crippen LogP contribution in [0.2, 0.25) is 0 Å². The van der Waals surface area contributed by atoms with E-state index in [2.05, 4.69) is 53.5 Å². The van der Waals surface area contributed by atoms with E-state index in [1.54, 1.807) is 0 Å². The molecular weight excluding hydrogens is 270 g/mol. The minimum atomic E-state index is 0.643. The van der Waals surface area contributed by atoms with Gasteiger partial charge in [-0.15, -0.1) is 11.3 Å². The number of rotatable bonds is 6. The first kappa shape index (κ1) is 13.2. The Labute approximate surface area is 105 Å². The molecular formula is C12H20BrNS. The highest BCUT2D eigenvalue weighted by molar-refractivity contribution is 9.10. The van der Waals surface area contributed by atoms with Crippen molar-refractivity contribution >= 4 is 27.3 Å². The van der Waals surface area contributed by atoms with Crippen molar-refractivity contribution in [1.82, 2.24) is 5.32 Å². The van der Waals surface area contributed by atoms with Crippen LogP contribution in [-0.2, 0) is 6.42 Å². The van der Waals surface area contributed by atoms with E-state index in [9.17, 15) is 0 Å². The third-order valence-corrected chi connectivity index (χ3v) is 4.63. The lowest BCUT2D eigenvalue weighted by Crippen LogP contribution is -2.33. The molecule has 0 aliphatic heterocycles. The number of nitrogens with one attached hydrogen (secondary N) is 1. The third-order valence-electron chi connectivity index (χ3n) is 2.64. The lowest BCUT2D eigenvalue weighted by Gasteiger charge is -2.21. The Morgan fingerprint density at radius 1 is 1.47 bits per heavy atom. The highest BCUT2D eigenvalue weighted by Gasteiger charge is 2.12. The van der Waals surface area contributed by atoms with Gasteiger partial charge in [-0.3, -0.25) is 0 Å². The molecule has 1 heterocycles. The summed E-state index contributed by atoms with van der Waals surface area (Å²) in [4.78, 5) is 1.47. The molecule has 15 heavy (non-hydrogen) atoms. The van der Waals surface area contributed by atoms with Gasteiger partial charge in [-0.05, 0) is 52.7 Å². The van der Waals surface area contributed by atoms with Gasteiger partial charge >= 0.3 is 0 Å². The van der Waals surface area contributed by atoms with Crippen LogP contribution in [0, 0.1) is 5.92 Å². The van der Waals surface area contributed by atoms with Gasteiger partial charge in [-0.1, -0.05) is 20.8 Å². The molecule has 86 valence electrons. The molecule has 0 bridgehead atoms. The second-order valence-electron chi connectivity index (χ2n) is 4.14. The van der Waals surface area contributed by atoms with Gasteiger partial charge in [0.05, 0.1) is 0 Å². The van der Waals surface area contributed by atoms with Crippen molar-refractivity contribution in [2.75, 3.05) is 6.54 Å². The number of hydrogen-bond donors (Lipinski definition) is 1. The summed E-state index contributed by atoms with van der Waals surface area (Å²) in [5.41, 5.74) is 0. The molecule has 3 heteroatoms. The van der Waals surface area contributed by atoms with Gasteiger partial charge in [0.25, 0.3) is 0 Å². The quantitative estimate of drug-likeness (QED) is 0.832. The van der Waals surface area contributed by atoms with Crippen molar-refractivity contribution in [3.05, 3.63) is 20.8 Å². The monoisotopic (exact) mass is 289 g/mol. The Hall–Kier alpha value is 0.140. The van der Waals surface area contributed by atoms with Gasteiger partial charge in [-0.25, -0.2) is 0 Å². The topological polar surface area (TPSA) is 12.0 Å². The van der Waals surface area contributed by atoms with Crippen LogP contribution in [-0.4, -0.2) is 12.6 Å². The van der Waals surface area contributed by atoms with Gasteiger partial charge in [0, 0.05) is 15.4 Å². The largest absolute Gasteiger partial charge is 0.314 e. The van der Waals surface area contributed by atoms with Gasteiger partial charge in [0.1, 0.15) is 0 Å². The van der Waals surface area contributed by atoms with E-state index in [-0.39, 0.29) is 0 Å². The summed E-state index contributed by atoms with van der Waals surface area (Å²) in [5.74, 6) is 0.712. The van der Waals surface area contributed by atoms with Crippen molar-refractivity contribution in [2.45, 2.75) is 39.7 Å². The zero-order valence-electron chi connectivity index (χ0n) is 9.72. The van der Waals surface area contributed by atoms with Crippen LogP contribution >= 0.6 is 27.3 Å². The molecule has 0 spiro atoms. The van der Waals surface area contributed by atoms with E-state index < -0.39 is 0 Å². The summed E-state index contributed by atoms with van der Waals surface area (Å²) >= 11 is 5.43. The maximum atomic E-state index is 3.58. The molecule has 0 saturated carbocycles. The van der Waals surface area contributed by atoms with Gasteiger partial charge in [0.2, 0.25) is 0 Å². The molecule has 1 aromatic rings. The van der Waals surface area contributed by atoms with Crippen LogP contribution in [0.3, 0.4) is 0 Å². The SMILES string of the molecule is CCNC(CCc1sccc1Br)C(C)C. The lowest BCUT2D eigenvalue weighted by atomic mass is 9.99. The van der Waals surface area contributed by atoms with E-state index in [0.29, 0.717) is 12.0 Å². The second kappa shape index (κ2) is 6.66. The van der Waals surface area contributed by atoms with Crippen molar-refractivity contribution < 1.29 is 0 Å². The molecule has 0 radical (unpaired) electrons. The summed E-state index contributed by atoms with van der Waals surface area (Å²) in [7, 11) is 0. The van der Waals surface area contributed by atoms with Crippen LogP contribution in [0.25, 0.3) is 0 Å². The molecule has 0 aliphatic rings. The van der Waals surface area contributed by atoms with Crippen molar-refractivity contribution in [3.63, 3.8) is 0 Å². The van der Waals surface area contributed by atoms with Gasteiger partial charge in [0.15, 0.2) is 0 Å². The maximum absolute atomic E-state index is 3.58. The van der Waals surface area contributed by atoms with Crippen molar-refractivity contribution in [1.29, 1.82) is 0 Å². The van der Waals surface area contributed by atoms with Crippen LogP contribution in [0.1, 0.15) is 32.1 Å². The molecule has 1 unspecified atom stereocenters. The predicted molar refractivity (Wildman–Crippen MR) is 72.6 cm³/mol. The number of aryl methyl sites for hydroxylation is 1. The predicted octanol–water partition coefficient (Wildman–Crippen LogP) is 4.08. The van der Waals surface area contributed by atoms with Gasteiger partial charge in [-0.2, -0.15) is 0 Å². The molecule has 1 N–H and O–H groups in total. The molecule has 1 rings (SSSR count). The first-order valence-corrected chi connectivity index (χ1v) is 7.27. The Bertz CT molecular complexity index is 283. The average Bonchev–Trinajstić information content (AvgIpc) is 2.58. The summed E-state index contributed by atoms with van der Waals surface area (Å²) in [6.45, 7) is 7.82. The second-order valence-corrected chi connectivity index (χ2v) is 5.99. The fourth-order valence-electron chi connectivity index (χ4n) is 1.72. The third kappa shape index (κ3) is 4.25. The highest BCUT2D eigenvalue weighted by atomic mass is 79.9. The van der Waals surface area contributed by atoms with Crippen molar-refractivity contribution in [3.8, 4) is 0 Å². The molecule has 1 atom stereocenters. The highest BCUT2D eigenvalue weighted by Crippen LogP contribution is 2.25. The molecule has 0 fully saturated rings. The molecule has 0 saturated heterocycles. The number of thiophene rings is 1. The number of halogens is 1. The molecule has 0 aromatic carbocycles. The summed E-state index contributed by atoms with van der Waals surface area (Å²) in [6, 6.07) is 2.78. The first-order chi connectivity index (χ1) is 7.15.